The second kappa shape index (κ2) is 9.12. The van der Waals surface area contributed by atoms with E-state index in [9.17, 15) is 31.1 Å². The summed E-state index contributed by atoms with van der Waals surface area (Å²) in [5.41, 5.74) is -1.13. The van der Waals surface area contributed by atoms with E-state index in [0.29, 0.717) is 37.9 Å². The van der Waals surface area contributed by atoms with E-state index in [4.69, 9.17) is 4.74 Å². The maximum atomic E-state index is 13.1. The summed E-state index contributed by atoms with van der Waals surface area (Å²) >= 11 is 1.43. The van der Waals surface area contributed by atoms with Crippen LogP contribution >= 0.6 is 11.3 Å². The van der Waals surface area contributed by atoms with Crippen LogP contribution in [0, 0.1) is 5.92 Å². The van der Waals surface area contributed by atoms with Crippen molar-refractivity contribution in [1.82, 2.24) is 15.6 Å². The predicted octanol–water partition coefficient (Wildman–Crippen LogP) is 4.91. The Morgan fingerprint density at radius 3 is 2.44 bits per heavy atom. The Morgan fingerprint density at radius 1 is 1.18 bits per heavy atom. The summed E-state index contributed by atoms with van der Waals surface area (Å²) < 4.78 is 84.6. The molecular weight excluding hydrogens is 484 g/mol. The summed E-state index contributed by atoms with van der Waals surface area (Å²) in [6.07, 6.45) is -8.70. The first-order chi connectivity index (χ1) is 15.8. The lowest BCUT2D eigenvalue weighted by molar-refractivity contribution is -0.143. The molecule has 5 nitrogen and oxygen atoms in total. The van der Waals surface area contributed by atoms with Gasteiger partial charge in [0, 0.05) is 17.0 Å². The van der Waals surface area contributed by atoms with Crippen molar-refractivity contribution in [3.8, 4) is 0 Å². The van der Waals surface area contributed by atoms with Crippen molar-refractivity contribution < 1.29 is 35.9 Å². The van der Waals surface area contributed by atoms with Crippen molar-refractivity contribution in [2.24, 2.45) is 5.92 Å². The first kappa shape index (κ1) is 24.9. The van der Waals surface area contributed by atoms with Gasteiger partial charge < -0.3 is 15.4 Å². The second-order valence-corrected chi connectivity index (χ2v) is 9.69. The van der Waals surface area contributed by atoms with Crippen LogP contribution in [0.15, 0.2) is 29.1 Å². The fraction of sp³-hybridized carbons (Fsp3) is 0.545. The van der Waals surface area contributed by atoms with E-state index < -0.39 is 41.7 Å². The van der Waals surface area contributed by atoms with Crippen LogP contribution in [0.5, 0.6) is 0 Å². The number of piperidine rings is 1. The summed E-state index contributed by atoms with van der Waals surface area (Å²) in [6.45, 7) is 1.78. The van der Waals surface area contributed by atoms with Gasteiger partial charge in [0.15, 0.2) is 0 Å². The quantitative estimate of drug-likeness (QED) is 0.546. The van der Waals surface area contributed by atoms with Crippen LogP contribution in [0.3, 0.4) is 0 Å². The first-order valence-corrected chi connectivity index (χ1v) is 11.6. The number of nitrogens with one attached hydrogen (secondary N) is 2. The summed E-state index contributed by atoms with van der Waals surface area (Å²) in [4.78, 5) is 16.9. The molecule has 2 fully saturated rings. The largest absolute Gasteiger partial charge is 0.416 e. The molecule has 1 aromatic heterocycles. The van der Waals surface area contributed by atoms with Crippen LogP contribution in [0.4, 0.5) is 26.3 Å². The maximum Gasteiger partial charge on any atom is 0.416 e. The lowest BCUT2D eigenvalue weighted by Crippen LogP contribution is -2.55. The molecule has 1 amide bonds. The van der Waals surface area contributed by atoms with Crippen molar-refractivity contribution in [2.45, 2.75) is 69.4 Å². The normalized spacial score (nSPS) is 27.1. The van der Waals surface area contributed by atoms with Gasteiger partial charge in [-0.25, -0.2) is 4.98 Å². The SMILES string of the molecule is CC12CC(C(=O)NCc3cscn3)C(CCC1OCc1cc(C(F)(F)F)cc(C(F)(F)F)c1)N2. The standard InChI is InChI=1S/C22H23F6N3O2S/c1-20-7-16(19(32)29-8-15-10-34-11-30-15)17(31-20)2-3-18(20)33-9-12-4-13(21(23,24)25)6-14(5-12)22(26,27)28/h4-6,10-11,16-18,31H,2-3,7-9H2,1H3,(H,29,32). The fourth-order valence-corrected chi connectivity index (χ4v) is 5.36. The minimum Gasteiger partial charge on any atom is -0.372 e. The number of halogens is 6. The molecule has 34 heavy (non-hydrogen) atoms. The third-order valence-corrected chi connectivity index (χ3v) is 7.09. The Hall–Kier alpha value is -2.18. The fourth-order valence-electron chi connectivity index (χ4n) is 4.81. The highest BCUT2D eigenvalue weighted by molar-refractivity contribution is 7.07. The molecule has 2 bridgehead atoms. The molecule has 2 saturated heterocycles. The van der Waals surface area contributed by atoms with Crippen LogP contribution in [-0.4, -0.2) is 28.6 Å². The van der Waals surface area contributed by atoms with E-state index in [1.165, 1.54) is 11.3 Å². The minimum atomic E-state index is -4.91. The number of rotatable bonds is 6. The van der Waals surface area contributed by atoms with Crippen LogP contribution in [0.1, 0.15) is 48.6 Å². The molecule has 3 heterocycles. The first-order valence-electron chi connectivity index (χ1n) is 10.7. The van der Waals surface area contributed by atoms with E-state index in [1.807, 2.05) is 12.3 Å². The summed E-state index contributed by atoms with van der Waals surface area (Å²) in [6, 6.07) is 1.38. The number of ether oxygens (including phenoxy) is 1. The number of thiazole rings is 1. The van der Waals surface area contributed by atoms with Gasteiger partial charge in [0.25, 0.3) is 0 Å². The average molecular weight is 508 g/mol. The zero-order valence-electron chi connectivity index (χ0n) is 18.1. The van der Waals surface area contributed by atoms with Crippen molar-refractivity contribution in [1.29, 1.82) is 0 Å². The zero-order valence-corrected chi connectivity index (χ0v) is 18.9. The van der Waals surface area contributed by atoms with E-state index in [-0.39, 0.29) is 29.5 Å². The van der Waals surface area contributed by atoms with Crippen LogP contribution in [0.25, 0.3) is 0 Å². The maximum absolute atomic E-state index is 13.1. The number of hydrogen-bond donors (Lipinski definition) is 2. The topological polar surface area (TPSA) is 63.2 Å². The molecule has 186 valence electrons. The van der Waals surface area contributed by atoms with Gasteiger partial charge >= 0.3 is 12.4 Å². The number of carbonyl (C=O) groups excluding carboxylic acids is 1. The number of fused-ring (bicyclic) bond motifs is 2. The molecule has 4 rings (SSSR count). The number of alkyl halides is 6. The van der Waals surface area contributed by atoms with Gasteiger partial charge in [-0.15, -0.1) is 11.3 Å². The van der Waals surface area contributed by atoms with Crippen LogP contribution in [0.2, 0.25) is 0 Å². The van der Waals surface area contributed by atoms with E-state index in [2.05, 4.69) is 15.6 Å². The number of hydrogen-bond acceptors (Lipinski definition) is 5. The Labute approximate surface area is 195 Å². The summed E-state index contributed by atoms with van der Waals surface area (Å²) in [5, 5.41) is 8.11. The van der Waals surface area contributed by atoms with Gasteiger partial charge in [-0.1, -0.05) is 0 Å². The van der Waals surface area contributed by atoms with Gasteiger partial charge in [0.05, 0.1) is 47.5 Å². The Morgan fingerprint density at radius 2 is 1.85 bits per heavy atom. The monoisotopic (exact) mass is 507 g/mol. The third kappa shape index (κ3) is 5.38. The van der Waals surface area contributed by atoms with Crippen LogP contribution < -0.4 is 10.6 Å². The van der Waals surface area contributed by atoms with E-state index in [1.54, 1.807) is 5.51 Å². The van der Waals surface area contributed by atoms with E-state index in [0.717, 1.165) is 5.69 Å². The molecule has 2 aliphatic heterocycles. The molecule has 4 unspecified atom stereocenters. The van der Waals surface area contributed by atoms with Crippen molar-refractivity contribution >= 4 is 17.2 Å². The highest BCUT2D eigenvalue weighted by Crippen LogP contribution is 2.42. The van der Waals surface area contributed by atoms with Gasteiger partial charge in [-0.05, 0) is 49.9 Å². The van der Waals surface area contributed by atoms with E-state index >= 15 is 0 Å². The van der Waals surface area contributed by atoms with Crippen molar-refractivity contribution in [3.63, 3.8) is 0 Å². The van der Waals surface area contributed by atoms with Crippen molar-refractivity contribution in [2.75, 3.05) is 0 Å². The number of amides is 1. The number of aromatic nitrogens is 1. The van der Waals surface area contributed by atoms with Crippen molar-refractivity contribution in [3.05, 3.63) is 51.5 Å². The molecule has 2 aromatic rings. The highest BCUT2D eigenvalue weighted by Gasteiger charge is 2.52. The number of benzene rings is 1. The minimum absolute atomic E-state index is 0.0781. The molecule has 2 aliphatic rings. The smallest absolute Gasteiger partial charge is 0.372 e. The lowest BCUT2D eigenvalue weighted by atomic mass is 9.88. The van der Waals surface area contributed by atoms with Crippen LogP contribution in [-0.2, 0) is 35.0 Å². The average Bonchev–Trinajstić information content (AvgIpc) is 3.36. The molecule has 1 aromatic carbocycles. The molecule has 0 saturated carbocycles. The highest BCUT2D eigenvalue weighted by atomic mass is 32.1. The molecule has 2 N–H and O–H groups in total. The number of carbonyl (C=O) groups is 1. The molecular formula is C22H23F6N3O2S. The summed E-state index contributed by atoms with van der Waals surface area (Å²) in [5.74, 6) is -0.440. The predicted molar refractivity (Wildman–Crippen MR) is 112 cm³/mol. The van der Waals surface area contributed by atoms with Gasteiger partial charge in [0.1, 0.15) is 0 Å². The Bertz CT molecular complexity index is 994. The Kier molecular flexibility index (Phi) is 6.69. The molecule has 12 heteroatoms. The zero-order chi connectivity index (χ0) is 24.7. The van der Waals surface area contributed by atoms with Gasteiger partial charge in [0.2, 0.25) is 5.91 Å². The second-order valence-electron chi connectivity index (χ2n) is 8.97. The molecule has 4 atom stereocenters. The lowest BCUT2D eigenvalue weighted by Gasteiger charge is -2.39. The number of nitrogens with zero attached hydrogens (tertiary/aromatic N) is 1. The molecule has 0 radical (unpaired) electrons. The Balaban J connectivity index is 1.42. The van der Waals surface area contributed by atoms with Gasteiger partial charge in [-0.2, -0.15) is 26.3 Å². The third-order valence-electron chi connectivity index (χ3n) is 6.46. The molecule has 0 aliphatic carbocycles. The summed E-state index contributed by atoms with van der Waals surface area (Å²) in [7, 11) is 0. The van der Waals surface area contributed by atoms with Gasteiger partial charge in [-0.3, -0.25) is 4.79 Å². The molecule has 0 spiro atoms.